The fourth-order valence-corrected chi connectivity index (χ4v) is 5.15. The van der Waals surface area contributed by atoms with Gasteiger partial charge in [-0.05, 0) is 50.6 Å². The molecule has 0 saturated heterocycles. The molecule has 0 spiro atoms. The highest BCUT2D eigenvalue weighted by Crippen LogP contribution is 2.26. The number of sulfonamides is 1. The first-order chi connectivity index (χ1) is 16.7. The number of benzene rings is 2. The van der Waals surface area contributed by atoms with Crippen molar-refractivity contribution in [3.63, 3.8) is 0 Å². The minimum atomic E-state index is -3.58. The number of rotatable bonds is 6. The summed E-state index contributed by atoms with van der Waals surface area (Å²) in [5.41, 5.74) is 6.30. The van der Waals surface area contributed by atoms with Crippen LogP contribution < -0.4 is 4.80 Å². The average Bonchev–Trinajstić information content (AvgIpc) is 3.23. The summed E-state index contributed by atoms with van der Waals surface area (Å²) in [4.78, 5) is 9.79. The first-order valence-corrected chi connectivity index (χ1v) is 13.3. The molecule has 4 aromatic rings. The summed E-state index contributed by atoms with van der Waals surface area (Å²) < 4.78 is 28.4. The fourth-order valence-electron chi connectivity index (χ4n) is 3.38. The number of thiazole rings is 1. The minimum absolute atomic E-state index is 0.199. The standard InChI is InChI=1S/C26H27N5O2S2/c1-18-6-9-22(10-7-18)25-17-34-26(31(25)29-20(3)21-12-14-27-15-13-21)28-24-16-23(11-8-19(24)2)35(32,33)30(4)5/h6-17H,1-5H3/b28-26?,29-20+. The molecule has 7 nitrogen and oxygen atoms in total. The minimum Gasteiger partial charge on any atom is -0.265 e. The van der Waals surface area contributed by atoms with Gasteiger partial charge in [0.2, 0.25) is 14.8 Å². The molecule has 0 N–H and O–H groups in total. The molecule has 2 heterocycles. The van der Waals surface area contributed by atoms with Crippen molar-refractivity contribution in [3.05, 3.63) is 93.9 Å². The predicted octanol–water partition coefficient (Wildman–Crippen LogP) is 4.98. The molecule has 0 aliphatic rings. The maximum atomic E-state index is 12.7. The molecule has 35 heavy (non-hydrogen) atoms. The van der Waals surface area contributed by atoms with Crippen molar-refractivity contribution >= 4 is 32.8 Å². The van der Waals surface area contributed by atoms with E-state index >= 15 is 0 Å². The molecule has 0 unspecified atom stereocenters. The zero-order valence-corrected chi connectivity index (χ0v) is 21.9. The van der Waals surface area contributed by atoms with Crippen molar-refractivity contribution in [2.75, 3.05) is 14.1 Å². The highest BCUT2D eigenvalue weighted by molar-refractivity contribution is 7.89. The van der Waals surface area contributed by atoms with Gasteiger partial charge in [-0.15, -0.1) is 11.3 Å². The SMILES string of the molecule is C/C(=N\n1c(-c2ccc(C)cc2)csc1=Nc1cc(S(=O)(=O)N(C)C)ccc1C)c1ccncc1. The number of pyridine rings is 1. The number of aryl methyl sites for hydroxylation is 2. The second kappa shape index (κ2) is 10.1. The van der Waals surface area contributed by atoms with Crippen LogP contribution >= 0.6 is 11.3 Å². The smallest absolute Gasteiger partial charge is 0.242 e. The van der Waals surface area contributed by atoms with E-state index in [4.69, 9.17) is 10.1 Å². The third-order valence-electron chi connectivity index (χ3n) is 5.56. The van der Waals surface area contributed by atoms with Crippen molar-refractivity contribution in [1.29, 1.82) is 0 Å². The quantitative estimate of drug-likeness (QED) is 0.347. The van der Waals surface area contributed by atoms with Gasteiger partial charge in [0.25, 0.3) is 0 Å². The van der Waals surface area contributed by atoms with Crippen molar-refractivity contribution in [3.8, 4) is 11.3 Å². The van der Waals surface area contributed by atoms with Gasteiger partial charge in [0.05, 0.1) is 22.0 Å². The van der Waals surface area contributed by atoms with Crippen molar-refractivity contribution in [2.24, 2.45) is 10.1 Å². The highest BCUT2D eigenvalue weighted by atomic mass is 32.2. The molecule has 0 aliphatic carbocycles. The molecular weight excluding hydrogens is 478 g/mol. The van der Waals surface area contributed by atoms with Gasteiger partial charge in [-0.3, -0.25) is 4.98 Å². The average molecular weight is 506 g/mol. The summed E-state index contributed by atoms with van der Waals surface area (Å²) >= 11 is 1.45. The van der Waals surface area contributed by atoms with E-state index in [9.17, 15) is 8.42 Å². The lowest BCUT2D eigenvalue weighted by Crippen LogP contribution is -2.22. The Morgan fingerprint density at radius 3 is 2.34 bits per heavy atom. The zero-order valence-electron chi connectivity index (χ0n) is 20.3. The van der Waals surface area contributed by atoms with Gasteiger partial charge in [0.15, 0.2) is 0 Å². The molecule has 0 atom stereocenters. The molecule has 9 heteroatoms. The van der Waals surface area contributed by atoms with Crippen LogP contribution in [-0.4, -0.2) is 42.2 Å². The van der Waals surface area contributed by atoms with E-state index in [-0.39, 0.29) is 4.90 Å². The molecular formula is C26H27N5O2S2. The number of aromatic nitrogens is 2. The van der Waals surface area contributed by atoms with Crippen LogP contribution in [0.5, 0.6) is 0 Å². The topological polar surface area (TPSA) is 79.9 Å². The molecule has 0 aliphatic heterocycles. The van der Waals surface area contributed by atoms with Crippen molar-refractivity contribution in [2.45, 2.75) is 25.7 Å². The molecule has 4 rings (SSSR count). The van der Waals surface area contributed by atoms with Crippen LogP contribution in [0, 0.1) is 13.8 Å². The number of hydrogen-bond donors (Lipinski definition) is 0. The zero-order chi connectivity index (χ0) is 25.2. The second-order valence-corrected chi connectivity index (χ2v) is 11.3. The van der Waals surface area contributed by atoms with E-state index in [1.165, 1.54) is 35.3 Å². The molecule has 2 aromatic heterocycles. The predicted molar refractivity (Wildman–Crippen MR) is 142 cm³/mol. The summed E-state index contributed by atoms with van der Waals surface area (Å²) in [6.07, 6.45) is 3.47. The van der Waals surface area contributed by atoms with Gasteiger partial charge in [0, 0.05) is 43.0 Å². The first-order valence-electron chi connectivity index (χ1n) is 11.0. The Kier molecular flexibility index (Phi) is 7.11. The lowest BCUT2D eigenvalue weighted by molar-refractivity contribution is 0.521. The third-order valence-corrected chi connectivity index (χ3v) is 8.18. The maximum absolute atomic E-state index is 12.7. The van der Waals surface area contributed by atoms with Gasteiger partial charge in [-0.25, -0.2) is 22.4 Å². The first kappa shape index (κ1) is 24.7. The van der Waals surface area contributed by atoms with E-state index in [0.717, 1.165) is 28.1 Å². The summed E-state index contributed by atoms with van der Waals surface area (Å²) in [5, 5.41) is 6.93. The van der Waals surface area contributed by atoms with Gasteiger partial charge in [-0.1, -0.05) is 35.9 Å². The van der Waals surface area contributed by atoms with Crippen LogP contribution in [0.4, 0.5) is 5.69 Å². The third kappa shape index (κ3) is 5.32. The number of hydrogen-bond acceptors (Lipinski definition) is 6. The monoisotopic (exact) mass is 505 g/mol. The van der Waals surface area contributed by atoms with Crippen LogP contribution in [0.15, 0.2) is 87.4 Å². The lowest BCUT2D eigenvalue weighted by atomic mass is 10.1. The summed E-state index contributed by atoms with van der Waals surface area (Å²) in [6.45, 7) is 5.91. The Labute approximate surface area is 209 Å². The molecule has 0 saturated carbocycles. The second-order valence-electron chi connectivity index (χ2n) is 8.35. The van der Waals surface area contributed by atoms with Gasteiger partial charge in [-0.2, -0.15) is 5.10 Å². The van der Waals surface area contributed by atoms with Crippen molar-refractivity contribution < 1.29 is 8.42 Å². The van der Waals surface area contributed by atoms with Crippen LogP contribution in [-0.2, 0) is 10.0 Å². The molecule has 0 amide bonds. The summed E-state index contributed by atoms with van der Waals surface area (Å²) in [5.74, 6) is 0. The van der Waals surface area contributed by atoms with E-state index in [1.54, 1.807) is 30.6 Å². The lowest BCUT2D eigenvalue weighted by Gasteiger charge is -2.12. The summed E-state index contributed by atoms with van der Waals surface area (Å²) in [6, 6.07) is 17.1. The molecule has 0 fully saturated rings. The van der Waals surface area contributed by atoms with E-state index in [0.29, 0.717) is 10.5 Å². The highest BCUT2D eigenvalue weighted by Gasteiger charge is 2.18. The van der Waals surface area contributed by atoms with Crippen LogP contribution in [0.25, 0.3) is 11.3 Å². The molecule has 2 aromatic carbocycles. The van der Waals surface area contributed by atoms with Crippen molar-refractivity contribution in [1.82, 2.24) is 14.0 Å². The van der Waals surface area contributed by atoms with Crippen LogP contribution in [0.1, 0.15) is 23.6 Å². The maximum Gasteiger partial charge on any atom is 0.242 e. The molecule has 0 radical (unpaired) electrons. The fraction of sp³-hybridized carbons (Fsp3) is 0.192. The molecule has 0 bridgehead atoms. The largest absolute Gasteiger partial charge is 0.265 e. The van der Waals surface area contributed by atoms with E-state index < -0.39 is 10.0 Å². The van der Waals surface area contributed by atoms with Gasteiger partial charge < -0.3 is 0 Å². The van der Waals surface area contributed by atoms with E-state index in [2.05, 4.69) is 36.2 Å². The number of nitrogens with zero attached hydrogens (tertiary/aromatic N) is 5. The Morgan fingerprint density at radius 2 is 1.69 bits per heavy atom. The Bertz CT molecular complexity index is 1550. The Balaban J connectivity index is 1.93. The summed E-state index contributed by atoms with van der Waals surface area (Å²) in [7, 11) is -0.544. The van der Waals surface area contributed by atoms with Crippen LogP contribution in [0.2, 0.25) is 0 Å². The molecule has 180 valence electrons. The Morgan fingerprint density at radius 1 is 1.00 bits per heavy atom. The Hall–Kier alpha value is -3.40. The normalized spacial score (nSPS) is 13.0. The van der Waals surface area contributed by atoms with Gasteiger partial charge in [0.1, 0.15) is 0 Å². The van der Waals surface area contributed by atoms with Gasteiger partial charge >= 0.3 is 0 Å². The van der Waals surface area contributed by atoms with E-state index in [1.807, 2.05) is 36.0 Å². The van der Waals surface area contributed by atoms with Crippen LogP contribution in [0.3, 0.4) is 0 Å².